The molecule has 0 saturated carbocycles. The van der Waals surface area contributed by atoms with E-state index in [0.717, 1.165) is 35.7 Å². The lowest BCUT2D eigenvalue weighted by Crippen LogP contribution is -1.90. The molecule has 10 heteroatoms. The molecule has 0 unspecified atom stereocenters. The maximum Gasteiger partial charge on any atom is 0.150 e. The van der Waals surface area contributed by atoms with Crippen molar-refractivity contribution in [2.24, 2.45) is 0 Å². The summed E-state index contributed by atoms with van der Waals surface area (Å²) in [6, 6.07) is 0. The number of aryl methyl sites for hydroxylation is 2. The van der Waals surface area contributed by atoms with E-state index in [1.54, 1.807) is 0 Å². The van der Waals surface area contributed by atoms with Crippen LogP contribution in [0.1, 0.15) is 88.1 Å². The van der Waals surface area contributed by atoms with Gasteiger partial charge < -0.3 is 0 Å². The molecule has 0 spiro atoms. The third-order valence-corrected chi connectivity index (χ3v) is 9.32. The number of hydrogen-bond donors (Lipinski definition) is 0. The minimum absolute atomic E-state index is 0.313. The number of unbranched alkanes of at least 4 members (excludes halogenated alkanes) is 8. The van der Waals surface area contributed by atoms with Gasteiger partial charge in [0.05, 0.1) is 31.2 Å². The van der Waals surface area contributed by atoms with Gasteiger partial charge in [0.25, 0.3) is 0 Å². The third-order valence-electron chi connectivity index (χ3n) is 5.61. The summed E-state index contributed by atoms with van der Waals surface area (Å²) >= 11 is 29.7. The minimum Gasteiger partial charge on any atom is -0.143 e. The normalized spacial score (nSPS) is 11.5. The minimum atomic E-state index is 0.313. The van der Waals surface area contributed by atoms with Gasteiger partial charge >= 0.3 is 0 Å². The van der Waals surface area contributed by atoms with E-state index in [4.69, 9.17) is 46.4 Å². The molecule has 0 aliphatic heterocycles. The molecule has 0 atom stereocenters. The van der Waals surface area contributed by atoms with Gasteiger partial charge in [0.2, 0.25) is 0 Å². The molecule has 0 saturated heterocycles. The fourth-order valence-corrected chi connectivity index (χ4v) is 6.99. The number of aromatic nitrogens is 4. The maximum absolute atomic E-state index is 6.69. The predicted octanol–water partition coefficient (Wildman–Crippen LogP) is 10.4. The summed E-state index contributed by atoms with van der Waals surface area (Å²) < 4.78 is 0. The monoisotopic (exact) mass is 578 g/mol. The molecule has 3 aromatic rings. The number of halogens is 4. The highest BCUT2D eigenvalue weighted by molar-refractivity contribution is 7.15. The summed E-state index contributed by atoms with van der Waals surface area (Å²) in [4.78, 5) is 0. The SMILES string of the molecule is CCCCCCCc1nnc(-c2c(Cl)c(Cl)c(-c3nnc(CCCCCCC)s3)c(Cl)c2Cl)s1. The average molecular weight is 580 g/mol. The fraction of sp³-hybridized carbons (Fsp3) is 0.583. The van der Waals surface area contributed by atoms with Crippen LogP contribution in [0.3, 0.4) is 0 Å². The summed E-state index contributed by atoms with van der Waals surface area (Å²) in [5.41, 5.74) is 1.05. The molecule has 0 bridgehead atoms. The summed E-state index contributed by atoms with van der Waals surface area (Å²) in [6.45, 7) is 4.43. The largest absolute Gasteiger partial charge is 0.150 e. The topological polar surface area (TPSA) is 51.6 Å². The lowest BCUT2D eigenvalue weighted by atomic mass is 10.1. The van der Waals surface area contributed by atoms with Crippen molar-refractivity contribution in [2.75, 3.05) is 0 Å². The van der Waals surface area contributed by atoms with E-state index in [1.165, 1.54) is 74.0 Å². The van der Waals surface area contributed by atoms with Crippen molar-refractivity contribution in [3.05, 3.63) is 30.1 Å². The van der Waals surface area contributed by atoms with Gasteiger partial charge in [-0.3, -0.25) is 0 Å². The Morgan fingerprint density at radius 3 is 1.21 bits per heavy atom. The van der Waals surface area contributed by atoms with Crippen molar-refractivity contribution in [1.82, 2.24) is 20.4 Å². The van der Waals surface area contributed by atoms with Gasteiger partial charge in [0, 0.05) is 12.8 Å². The van der Waals surface area contributed by atoms with Crippen molar-refractivity contribution in [3.63, 3.8) is 0 Å². The molecule has 1 aromatic carbocycles. The van der Waals surface area contributed by atoms with E-state index in [1.807, 2.05) is 0 Å². The molecule has 2 heterocycles. The van der Waals surface area contributed by atoms with Crippen molar-refractivity contribution in [3.8, 4) is 21.1 Å². The van der Waals surface area contributed by atoms with Crippen LogP contribution in [-0.4, -0.2) is 20.4 Å². The van der Waals surface area contributed by atoms with Gasteiger partial charge in [-0.2, -0.15) is 0 Å². The Bertz CT molecular complexity index is 955. The number of hydrogen-bond acceptors (Lipinski definition) is 6. The van der Waals surface area contributed by atoms with Gasteiger partial charge in [0.15, 0.2) is 10.0 Å². The highest BCUT2D eigenvalue weighted by Gasteiger charge is 2.26. The summed E-state index contributed by atoms with van der Waals surface area (Å²) in [5, 5.41) is 21.7. The molecule has 2 aromatic heterocycles. The van der Waals surface area contributed by atoms with E-state index in [9.17, 15) is 0 Å². The first-order valence-electron chi connectivity index (χ1n) is 12.0. The maximum atomic E-state index is 6.69. The van der Waals surface area contributed by atoms with Crippen LogP contribution < -0.4 is 0 Å². The molecule has 0 N–H and O–H groups in total. The van der Waals surface area contributed by atoms with Gasteiger partial charge in [-0.25, -0.2) is 0 Å². The molecule has 186 valence electrons. The molecule has 0 radical (unpaired) electrons. The molecule has 0 fully saturated rings. The smallest absolute Gasteiger partial charge is 0.143 e. The third kappa shape index (κ3) is 7.27. The van der Waals surface area contributed by atoms with E-state index < -0.39 is 0 Å². The first kappa shape index (κ1) is 28.1. The predicted molar refractivity (Wildman–Crippen MR) is 149 cm³/mol. The van der Waals surface area contributed by atoms with Crippen LogP contribution in [0.15, 0.2) is 0 Å². The zero-order valence-electron chi connectivity index (χ0n) is 19.6. The molecule has 0 aliphatic rings. The Morgan fingerprint density at radius 2 is 0.853 bits per heavy atom. The van der Waals surface area contributed by atoms with Crippen LogP contribution in [0.5, 0.6) is 0 Å². The van der Waals surface area contributed by atoms with Crippen molar-refractivity contribution >= 4 is 69.1 Å². The summed E-state index contributed by atoms with van der Waals surface area (Å²) in [6.07, 6.45) is 13.9. The summed E-state index contributed by atoms with van der Waals surface area (Å²) in [7, 11) is 0. The van der Waals surface area contributed by atoms with E-state index in [0.29, 0.717) is 41.2 Å². The van der Waals surface area contributed by atoms with E-state index >= 15 is 0 Å². The molecular formula is C24H30Cl4N4S2. The van der Waals surface area contributed by atoms with Crippen molar-refractivity contribution in [1.29, 1.82) is 0 Å². The van der Waals surface area contributed by atoms with Crippen LogP contribution in [-0.2, 0) is 12.8 Å². The lowest BCUT2D eigenvalue weighted by molar-refractivity contribution is 0.630. The van der Waals surface area contributed by atoms with Crippen LogP contribution in [0.25, 0.3) is 21.1 Å². The Labute approximate surface area is 230 Å². The highest BCUT2D eigenvalue weighted by Crippen LogP contribution is 2.50. The second kappa shape index (κ2) is 14.3. The number of rotatable bonds is 14. The molecule has 3 rings (SSSR count). The van der Waals surface area contributed by atoms with Crippen molar-refractivity contribution < 1.29 is 0 Å². The number of benzene rings is 1. The van der Waals surface area contributed by atoms with Crippen molar-refractivity contribution in [2.45, 2.75) is 90.9 Å². The second-order valence-corrected chi connectivity index (χ2v) is 12.0. The lowest BCUT2D eigenvalue weighted by Gasteiger charge is -2.12. The van der Waals surface area contributed by atoms with Gasteiger partial charge in [-0.1, -0.05) is 134 Å². The molecule has 0 amide bonds. The van der Waals surface area contributed by atoms with Crippen LogP contribution >= 0.6 is 69.1 Å². The standard InChI is InChI=1S/C24H30Cl4N4S2/c1-3-5-7-9-11-13-15-29-31-23(33-15)17-19(25)21(27)18(22(28)20(17)26)24-32-30-16(34-24)14-12-10-8-6-4-2/h3-14H2,1-2H3. The van der Waals surface area contributed by atoms with Gasteiger partial charge in [-0.15, -0.1) is 20.4 Å². The zero-order valence-corrected chi connectivity index (χ0v) is 24.3. The van der Waals surface area contributed by atoms with E-state index in [-0.39, 0.29) is 0 Å². The molecule has 0 aliphatic carbocycles. The fourth-order valence-electron chi connectivity index (χ4n) is 3.68. The molecule has 34 heavy (non-hydrogen) atoms. The van der Waals surface area contributed by atoms with E-state index in [2.05, 4.69) is 34.2 Å². The Kier molecular flexibility index (Phi) is 11.8. The van der Waals surface area contributed by atoms with Crippen LogP contribution in [0, 0.1) is 0 Å². The number of nitrogens with zero attached hydrogens (tertiary/aromatic N) is 4. The Hall–Kier alpha value is -0.500. The average Bonchev–Trinajstić information content (AvgIpc) is 3.48. The zero-order chi connectivity index (χ0) is 24.5. The van der Waals surface area contributed by atoms with Crippen LogP contribution in [0.2, 0.25) is 20.1 Å². The first-order valence-corrected chi connectivity index (χ1v) is 15.1. The highest BCUT2D eigenvalue weighted by atomic mass is 35.5. The quantitative estimate of drug-likeness (QED) is 0.141. The summed E-state index contributed by atoms with van der Waals surface area (Å²) in [5.74, 6) is 0. The van der Waals surface area contributed by atoms with Gasteiger partial charge in [0.1, 0.15) is 10.0 Å². The first-order chi connectivity index (χ1) is 16.5. The second-order valence-electron chi connectivity index (χ2n) is 8.34. The Balaban J connectivity index is 1.76. The Morgan fingerprint density at radius 1 is 0.500 bits per heavy atom. The molecular weight excluding hydrogens is 550 g/mol. The van der Waals surface area contributed by atoms with Crippen LogP contribution in [0.4, 0.5) is 0 Å². The van der Waals surface area contributed by atoms with Gasteiger partial charge in [-0.05, 0) is 12.8 Å². The molecule has 4 nitrogen and oxygen atoms in total.